The first-order chi connectivity index (χ1) is 8.13. The lowest BCUT2D eigenvalue weighted by Gasteiger charge is -1.96. The fourth-order valence-corrected chi connectivity index (χ4v) is 1.68. The molecule has 0 aliphatic heterocycles. The topological polar surface area (TPSA) is 63.6 Å². The molecule has 0 amide bonds. The average molecular weight is 238 g/mol. The van der Waals surface area contributed by atoms with Crippen molar-refractivity contribution in [3.63, 3.8) is 0 Å². The van der Waals surface area contributed by atoms with Crippen LogP contribution in [0.25, 0.3) is 0 Å². The summed E-state index contributed by atoms with van der Waals surface area (Å²) in [7, 11) is 1.38. The van der Waals surface area contributed by atoms with Crippen molar-refractivity contribution >= 4 is 11.8 Å². The summed E-state index contributed by atoms with van der Waals surface area (Å²) in [5.41, 5.74) is 0.682. The van der Waals surface area contributed by atoms with Gasteiger partial charge in [-0.25, -0.2) is 0 Å². The Morgan fingerprint density at radius 3 is 2.94 bits per heavy atom. The third-order valence-electron chi connectivity index (χ3n) is 2.63. The Morgan fingerprint density at radius 2 is 2.35 bits per heavy atom. The number of hydrogen-bond donors (Lipinski definition) is 1. The van der Waals surface area contributed by atoms with Gasteiger partial charge >= 0.3 is 5.97 Å². The number of esters is 1. The minimum Gasteiger partial charge on any atom is -0.469 e. The summed E-state index contributed by atoms with van der Waals surface area (Å²) in [5.74, 6) is -0.174. The number of carbonyl (C=O) groups is 2. The number of ether oxygens (including phenoxy) is 1. The van der Waals surface area contributed by atoms with Gasteiger partial charge in [0, 0.05) is 12.8 Å². The zero-order valence-electron chi connectivity index (χ0n) is 10.0. The van der Waals surface area contributed by atoms with E-state index in [2.05, 4.69) is 4.74 Å². The van der Waals surface area contributed by atoms with E-state index in [4.69, 9.17) is 0 Å². The lowest BCUT2D eigenvalue weighted by atomic mass is 10.1. The summed E-state index contributed by atoms with van der Waals surface area (Å²) in [6, 6.07) is 0. The highest BCUT2D eigenvalue weighted by Crippen LogP contribution is 2.18. The van der Waals surface area contributed by atoms with Crippen molar-refractivity contribution < 1.29 is 19.4 Å². The Balaban J connectivity index is 2.16. The van der Waals surface area contributed by atoms with Crippen LogP contribution in [0.15, 0.2) is 23.8 Å². The molecule has 0 saturated heterocycles. The molecule has 0 aromatic rings. The fourth-order valence-electron chi connectivity index (χ4n) is 1.68. The molecule has 0 saturated carbocycles. The van der Waals surface area contributed by atoms with Crippen LogP contribution in [0.2, 0.25) is 0 Å². The van der Waals surface area contributed by atoms with Gasteiger partial charge in [0.15, 0.2) is 5.78 Å². The van der Waals surface area contributed by atoms with Gasteiger partial charge in [-0.1, -0.05) is 12.2 Å². The lowest BCUT2D eigenvalue weighted by Crippen LogP contribution is -2.00. The molecular weight excluding hydrogens is 220 g/mol. The van der Waals surface area contributed by atoms with E-state index in [9.17, 15) is 14.7 Å². The smallest absolute Gasteiger partial charge is 0.305 e. The van der Waals surface area contributed by atoms with Gasteiger partial charge in [-0.2, -0.15) is 0 Å². The van der Waals surface area contributed by atoms with Gasteiger partial charge in [0.2, 0.25) is 0 Å². The molecule has 0 fully saturated rings. The summed E-state index contributed by atoms with van der Waals surface area (Å²) in [4.78, 5) is 22.1. The molecule has 94 valence electrons. The van der Waals surface area contributed by atoms with Gasteiger partial charge < -0.3 is 9.84 Å². The van der Waals surface area contributed by atoms with E-state index in [-0.39, 0.29) is 18.2 Å². The molecule has 1 aliphatic carbocycles. The molecule has 1 aliphatic rings. The Kier molecular flexibility index (Phi) is 5.63. The van der Waals surface area contributed by atoms with Crippen LogP contribution in [0, 0.1) is 0 Å². The third kappa shape index (κ3) is 4.95. The summed E-state index contributed by atoms with van der Waals surface area (Å²) >= 11 is 0. The standard InChI is InChI=1S/C13H18O4/c1-17-13(16)7-5-3-2-4-6-10-8-11(14)9-12(10)15/h2,4,8,11,14H,3,5-7,9H2,1H3. The minimum atomic E-state index is -0.606. The summed E-state index contributed by atoms with van der Waals surface area (Å²) in [6.45, 7) is 0. The predicted molar refractivity (Wildman–Crippen MR) is 63.3 cm³/mol. The number of aliphatic hydroxyl groups is 1. The van der Waals surface area contributed by atoms with Crippen molar-refractivity contribution in [1.29, 1.82) is 0 Å². The van der Waals surface area contributed by atoms with E-state index in [0.717, 1.165) is 12.8 Å². The number of Topliss-reactive ketones (excluding diaryl/α,β-unsaturated/α-hetero) is 1. The van der Waals surface area contributed by atoms with Crippen LogP contribution in [0.5, 0.6) is 0 Å². The molecule has 1 atom stereocenters. The number of rotatable bonds is 6. The summed E-state index contributed by atoms with van der Waals surface area (Å²) in [6.07, 6.45) is 7.59. The monoisotopic (exact) mass is 238 g/mol. The molecule has 0 aromatic carbocycles. The second-order valence-corrected chi connectivity index (χ2v) is 4.03. The maximum atomic E-state index is 11.3. The van der Waals surface area contributed by atoms with Crippen LogP contribution in [0.3, 0.4) is 0 Å². The molecule has 0 bridgehead atoms. The van der Waals surface area contributed by atoms with Gasteiger partial charge in [0.1, 0.15) is 0 Å². The number of allylic oxidation sites excluding steroid dienone is 3. The van der Waals surface area contributed by atoms with Crippen LogP contribution < -0.4 is 0 Å². The Morgan fingerprint density at radius 1 is 1.59 bits per heavy atom. The van der Waals surface area contributed by atoms with Crippen molar-refractivity contribution in [3.8, 4) is 0 Å². The SMILES string of the molecule is COC(=O)CCCC=CCC1=CC(O)CC1=O. The first kappa shape index (κ1) is 13.6. The van der Waals surface area contributed by atoms with Gasteiger partial charge in [-0.05, 0) is 30.9 Å². The summed E-state index contributed by atoms with van der Waals surface area (Å²) < 4.78 is 4.52. The maximum absolute atomic E-state index is 11.3. The quantitative estimate of drug-likeness (QED) is 0.433. The predicted octanol–water partition coefficient (Wildman–Crippen LogP) is 1.54. The first-order valence-corrected chi connectivity index (χ1v) is 5.77. The van der Waals surface area contributed by atoms with Crippen molar-refractivity contribution in [2.45, 2.75) is 38.2 Å². The number of unbranched alkanes of at least 4 members (excludes halogenated alkanes) is 1. The Bertz CT molecular complexity index is 341. The Labute approximate surface area is 101 Å². The van der Waals surface area contributed by atoms with E-state index < -0.39 is 6.10 Å². The van der Waals surface area contributed by atoms with E-state index in [1.165, 1.54) is 7.11 Å². The van der Waals surface area contributed by atoms with Gasteiger partial charge in [0.05, 0.1) is 13.2 Å². The maximum Gasteiger partial charge on any atom is 0.305 e. The molecule has 0 spiro atoms. The van der Waals surface area contributed by atoms with Crippen LogP contribution >= 0.6 is 0 Å². The molecule has 0 heterocycles. The number of aliphatic hydroxyl groups excluding tert-OH is 1. The molecule has 17 heavy (non-hydrogen) atoms. The normalized spacial score (nSPS) is 19.8. The lowest BCUT2D eigenvalue weighted by molar-refractivity contribution is -0.140. The van der Waals surface area contributed by atoms with E-state index in [1.807, 2.05) is 12.2 Å². The number of carbonyl (C=O) groups excluding carboxylic acids is 2. The molecule has 1 unspecified atom stereocenters. The first-order valence-electron chi connectivity index (χ1n) is 5.77. The summed E-state index contributed by atoms with van der Waals surface area (Å²) in [5, 5.41) is 9.23. The second-order valence-electron chi connectivity index (χ2n) is 4.03. The highest BCUT2D eigenvalue weighted by molar-refractivity contribution is 5.98. The van der Waals surface area contributed by atoms with Gasteiger partial charge in [-0.3, -0.25) is 9.59 Å². The van der Waals surface area contributed by atoms with Crippen LogP contribution in [-0.4, -0.2) is 30.1 Å². The molecule has 0 aromatic heterocycles. The van der Waals surface area contributed by atoms with Gasteiger partial charge in [0.25, 0.3) is 0 Å². The van der Waals surface area contributed by atoms with Crippen molar-refractivity contribution in [1.82, 2.24) is 0 Å². The number of methoxy groups -OCH3 is 1. The third-order valence-corrected chi connectivity index (χ3v) is 2.63. The van der Waals surface area contributed by atoms with Crippen LogP contribution in [0.1, 0.15) is 32.1 Å². The molecule has 4 nitrogen and oxygen atoms in total. The minimum absolute atomic E-state index is 0.0247. The average Bonchev–Trinajstić information content (AvgIpc) is 2.62. The van der Waals surface area contributed by atoms with Crippen LogP contribution in [-0.2, 0) is 14.3 Å². The Hall–Kier alpha value is -1.42. The number of hydrogen-bond acceptors (Lipinski definition) is 4. The van der Waals surface area contributed by atoms with Crippen molar-refractivity contribution in [2.75, 3.05) is 7.11 Å². The molecule has 0 radical (unpaired) electrons. The molecular formula is C13H18O4. The van der Waals surface area contributed by atoms with Crippen molar-refractivity contribution in [3.05, 3.63) is 23.8 Å². The largest absolute Gasteiger partial charge is 0.469 e. The zero-order chi connectivity index (χ0) is 12.7. The van der Waals surface area contributed by atoms with Crippen molar-refractivity contribution in [2.24, 2.45) is 0 Å². The molecule has 1 rings (SSSR count). The second kappa shape index (κ2) is 7.01. The van der Waals surface area contributed by atoms with Gasteiger partial charge in [-0.15, -0.1) is 0 Å². The van der Waals surface area contributed by atoms with Crippen LogP contribution in [0.4, 0.5) is 0 Å². The zero-order valence-corrected chi connectivity index (χ0v) is 10.0. The van der Waals surface area contributed by atoms with E-state index in [1.54, 1.807) is 6.08 Å². The van der Waals surface area contributed by atoms with E-state index in [0.29, 0.717) is 18.4 Å². The fraction of sp³-hybridized carbons (Fsp3) is 0.538. The van der Waals surface area contributed by atoms with E-state index >= 15 is 0 Å². The highest BCUT2D eigenvalue weighted by Gasteiger charge is 2.20. The molecule has 1 N–H and O–H groups in total. The molecule has 4 heteroatoms. The highest BCUT2D eigenvalue weighted by atomic mass is 16.5. The number of ketones is 1.